The average molecular weight is 404 g/mol. The summed E-state index contributed by atoms with van der Waals surface area (Å²) in [6, 6.07) is 7.51. The molecule has 0 unspecified atom stereocenters. The maximum Gasteiger partial charge on any atom is 0.244 e. The Bertz CT molecular complexity index is 885. The van der Waals surface area contributed by atoms with E-state index in [1.54, 1.807) is 17.1 Å². The lowest BCUT2D eigenvalue weighted by Gasteiger charge is -2.26. The van der Waals surface area contributed by atoms with Crippen LogP contribution in [0.4, 0.5) is 5.69 Å². The van der Waals surface area contributed by atoms with E-state index in [0.29, 0.717) is 28.9 Å². The van der Waals surface area contributed by atoms with Gasteiger partial charge in [0.25, 0.3) is 0 Å². The van der Waals surface area contributed by atoms with Gasteiger partial charge in [0.05, 0.1) is 24.2 Å². The molecule has 8 nitrogen and oxygen atoms in total. The molecule has 0 saturated carbocycles. The molecule has 10 heteroatoms. The molecule has 1 fully saturated rings. The molecule has 0 radical (unpaired) electrons. The van der Waals surface area contributed by atoms with E-state index in [4.69, 9.17) is 21.7 Å². The molecule has 0 spiro atoms. The molecule has 27 heavy (non-hydrogen) atoms. The van der Waals surface area contributed by atoms with Crippen LogP contribution in [0.3, 0.4) is 0 Å². The number of amides is 2. The number of carbonyl (C=O) groups excluding carboxylic acids is 2. The summed E-state index contributed by atoms with van der Waals surface area (Å²) in [5.74, 6) is 1.26. The predicted molar refractivity (Wildman–Crippen MR) is 104 cm³/mol. The zero-order valence-corrected chi connectivity index (χ0v) is 15.8. The van der Waals surface area contributed by atoms with Crippen LogP contribution in [0.25, 0.3) is 0 Å². The molecule has 2 aliphatic heterocycles. The second kappa shape index (κ2) is 7.57. The van der Waals surface area contributed by atoms with Gasteiger partial charge in [0.15, 0.2) is 17.6 Å². The minimum absolute atomic E-state index is 0.0911. The molecular formula is C17H16N4O4S2. The van der Waals surface area contributed by atoms with Gasteiger partial charge in [0, 0.05) is 6.20 Å². The minimum Gasteiger partial charge on any atom is -0.486 e. The summed E-state index contributed by atoms with van der Waals surface area (Å²) < 4.78 is 13.7. The lowest BCUT2D eigenvalue weighted by atomic mass is 10.2. The van der Waals surface area contributed by atoms with Gasteiger partial charge in [-0.2, -0.15) is 5.10 Å². The normalized spacial score (nSPS) is 18.7. The quantitative estimate of drug-likeness (QED) is 0.756. The van der Waals surface area contributed by atoms with Crippen LogP contribution < -0.4 is 14.8 Å². The number of thiocarbonyl (C=S) groups is 1. The Kier molecular flexibility index (Phi) is 4.99. The molecule has 3 heterocycles. The molecule has 1 aromatic carbocycles. The summed E-state index contributed by atoms with van der Waals surface area (Å²) in [7, 11) is 0. The maximum atomic E-state index is 12.1. The second-order valence-corrected chi connectivity index (χ2v) is 7.64. The number of nitrogens with one attached hydrogen (secondary N) is 1. The third-order valence-electron chi connectivity index (χ3n) is 4.02. The minimum atomic E-state index is -0.320. The van der Waals surface area contributed by atoms with E-state index in [9.17, 15) is 9.59 Å². The number of nitrogens with zero attached hydrogens (tertiary/aromatic N) is 3. The summed E-state index contributed by atoms with van der Waals surface area (Å²) in [6.45, 7) is 0.812. The van der Waals surface area contributed by atoms with Crippen LogP contribution >= 0.6 is 24.0 Å². The lowest BCUT2D eigenvalue weighted by molar-refractivity contribution is -0.127. The zero-order chi connectivity index (χ0) is 18.8. The van der Waals surface area contributed by atoms with Crippen molar-refractivity contribution < 1.29 is 19.1 Å². The van der Waals surface area contributed by atoms with E-state index >= 15 is 0 Å². The van der Waals surface area contributed by atoms with E-state index in [2.05, 4.69) is 10.4 Å². The Balaban J connectivity index is 1.32. The molecule has 1 N–H and O–H groups in total. The van der Waals surface area contributed by atoms with Crippen LogP contribution in [0.5, 0.6) is 11.5 Å². The number of thioether (sulfide) groups is 1. The molecule has 1 saturated heterocycles. The Morgan fingerprint density at radius 1 is 1.37 bits per heavy atom. The summed E-state index contributed by atoms with van der Waals surface area (Å²) in [6.07, 6.45) is 3.08. The highest BCUT2D eigenvalue weighted by molar-refractivity contribution is 8.23. The van der Waals surface area contributed by atoms with Gasteiger partial charge in [-0.15, -0.1) is 0 Å². The fourth-order valence-electron chi connectivity index (χ4n) is 2.77. The number of hydrogen-bond donors (Lipinski definition) is 1. The summed E-state index contributed by atoms with van der Waals surface area (Å²) in [5.41, 5.74) is 0.544. The van der Waals surface area contributed by atoms with Gasteiger partial charge in [0.1, 0.15) is 17.5 Å². The van der Waals surface area contributed by atoms with Crippen LogP contribution in [0.15, 0.2) is 36.7 Å². The number of anilines is 1. The number of fused-ring (bicyclic) bond motifs is 1. The van der Waals surface area contributed by atoms with Crippen molar-refractivity contribution in [3.63, 3.8) is 0 Å². The van der Waals surface area contributed by atoms with Gasteiger partial charge in [-0.3, -0.25) is 19.2 Å². The van der Waals surface area contributed by atoms with Crippen molar-refractivity contribution in [3.05, 3.63) is 36.7 Å². The molecule has 2 amide bonds. The summed E-state index contributed by atoms with van der Waals surface area (Å²) in [4.78, 5) is 25.1. The second-order valence-electron chi connectivity index (χ2n) is 6.03. The highest BCUT2D eigenvalue weighted by Gasteiger charge is 2.28. The van der Waals surface area contributed by atoms with Crippen molar-refractivity contribution in [2.75, 3.05) is 24.2 Å². The van der Waals surface area contributed by atoms with Crippen molar-refractivity contribution in [2.24, 2.45) is 0 Å². The standard InChI is InChI=1S/C17H16N4O4S2/c22-15(8-21-16(23)10-27-17(21)26)19-11-5-18-20(6-11)7-12-9-24-13-3-1-2-4-14(13)25-12/h1-6,12H,7-10H2,(H,19,22)/t12-/m1/s1. The molecule has 2 aromatic rings. The Morgan fingerprint density at radius 2 is 2.19 bits per heavy atom. The van der Waals surface area contributed by atoms with Crippen LogP contribution in [0.2, 0.25) is 0 Å². The van der Waals surface area contributed by atoms with Crippen LogP contribution in [0.1, 0.15) is 0 Å². The highest BCUT2D eigenvalue weighted by atomic mass is 32.2. The number of rotatable bonds is 5. The fraction of sp³-hybridized carbons (Fsp3) is 0.294. The van der Waals surface area contributed by atoms with Crippen molar-refractivity contribution in [1.82, 2.24) is 14.7 Å². The molecule has 0 aliphatic carbocycles. The lowest BCUT2D eigenvalue weighted by Crippen LogP contribution is -2.36. The molecular weight excluding hydrogens is 388 g/mol. The topological polar surface area (TPSA) is 85.7 Å². The Hall–Kier alpha value is -2.59. The van der Waals surface area contributed by atoms with Gasteiger partial charge in [-0.25, -0.2) is 0 Å². The van der Waals surface area contributed by atoms with E-state index in [0.717, 1.165) is 5.75 Å². The van der Waals surface area contributed by atoms with E-state index in [-0.39, 0.29) is 30.2 Å². The van der Waals surface area contributed by atoms with Crippen LogP contribution in [-0.4, -0.2) is 55.8 Å². The Morgan fingerprint density at radius 3 is 2.96 bits per heavy atom. The van der Waals surface area contributed by atoms with Gasteiger partial charge in [-0.1, -0.05) is 36.1 Å². The van der Waals surface area contributed by atoms with Gasteiger partial charge in [0.2, 0.25) is 11.8 Å². The third kappa shape index (κ3) is 4.06. The average Bonchev–Trinajstić information content (AvgIpc) is 3.22. The first-order valence-corrected chi connectivity index (χ1v) is 9.66. The first kappa shape index (κ1) is 17.8. The van der Waals surface area contributed by atoms with Crippen molar-refractivity contribution >= 4 is 45.8 Å². The number of hydrogen-bond acceptors (Lipinski definition) is 7. The molecule has 4 rings (SSSR count). The molecule has 1 atom stereocenters. The SMILES string of the molecule is O=C(CN1C(=O)CSC1=S)Nc1cnn(C[C@@H]2COc3ccccc3O2)c1. The van der Waals surface area contributed by atoms with E-state index in [1.807, 2.05) is 24.3 Å². The molecule has 140 valence electrons. The van der Waals surface area contributed by atoms with Crippen LogP contribution in [-0.2, 0) is 16.1 Å². The summed E-state index contributed by atoms with van der Waals surface area (Å²) >= 11 is 6.34. The smallest absolute Gasteiger partial charge is 0.244 e. The molecule has 1 aromatic heterocycles. The first-order valence-electron chi connectivity index (χ1n) is 8.26. The first-order chi connectivity index (χ1) is 13.1. The van der Waals surface area contributed by atoms with Gasteiger partial charge >= 0.3 is 0 Å². The Labute approximate surface area is 164 Å². The highest BCUT2D eigenvalue weighted by Crippen LogP contribution is 2.31. The van der Waals surface area contributed by atoms with Gasteiger partial charge in [-0.05, 0) is 12.1 Å². The number of para-hydroxylation sites is 2. The third-order valence-corrected chi connectivity index (χ3v) is 5.45. The molecule has 0 bridgehead atoms. The zero-order valence-electron chi connectivity index (χ0n) is 14.2. The van der Waals surface area contributed by atoms with Gasteiger partial charge < -0.3 is 14.8 Å². The fourth-order valence-corrected chi connectivity index (χ4v) is 3.84. The number of aromatic nitrogens is 2. The van der Waals surface area contributed by atoms with E-state index < -0.39 is 0 Å². The van der Waals surface area contributed by atoms with Crippen molar-refractivity contribution in [1.29, 1.82) is 0 Å². The van der Waals surface area contributed by atoms with Crippen molar-refractivity contribution in [3.8, 4) is 11.5 Å². The monoisotopic (exact) mass is 404 g/mol. The van der Waals surface area contributed by atoms with E-state index in [1.165, 1.54) is 16.7 Å². The number of benzene rings is 1. The largest absolute Gasteiger partial charge is 0.486 e. The maximum absolute atomic E-state index is 12.1. The molecule has 2 aliphatic rings. The predicted octanol–water partition coefficient (Wildman–Crippen LogP) is 1.52. The van der Waals surface area contributed by atoms with Crippen molar-refractivity contribution in [2.45, 2.75) is 12.6 Å². The summed E-state index contributed by atoms with van der Waals surface area (Å²) in [5, 5.41) is 6.96. The van der Waals surface area contributed by atoms with Crippen LogP contribution in [0, 0.1) is 0 Å². The number of carbonyl (C=O) groups is 2. The number of ether oxygens (including phenoxy) is 2.